The molecule has 3 rings (SSSR count). The normalized spacial score (nSPS) is 11.8. The number of nitro groups is 1. The Balaban J connectivity index is 1.70. The number of carbonyl (C=O) groups excluding carboxylic acids is 1. The number of nitrogens with zero attached hydrogens (tertiary/aromatic N) is 3. The quantitative estimate of drug-likeness (QED) is 0.470. The molecule has 1 aromatic heterocycles. The van der Waals surface area contributed by atoms with E-state index in [1.54, 1.807) is 16.8 Å². The standard InChI is InChI=1S/C20H19FN4O4/c1-2-18-17(11-23-24(18)15-9-5-14(21)6-10-15)20(27)22-12-19(26)13-3-7-16(8-4-13)25(28)29/h3-11,19,26H,2,12H2,1H3,(H,22,27)/t19-/m0/s1. The lowest BCUT2D eigenvalue weighted by molar-refractivity contribution is -0.384. The second kappa shape index (κ2) is 8.61. The van der Waals surface area contributed by atoms with Crippen LogP contribution in [0.15, 0.2) is 54.7 Å². The van der Waals surface area contributed by atoms with Crippen molar-refractivity contribution in [3.05, 3.63) is 87.5 Å². The van der Waals surface area contributed by atoms with Gasteiger partial charge in [0.05, 0.1) is 34.2 Å². The van der Waals surface area contributed by atoms with Crippen LogP contribution in [-0.4, -0.2) is 32.3 Å². The van der Waals surface area contributed by atoms with Crippen molar-refractivity contribution < 1.29 is 19.2 Å². The van der Waals surface area contributed by atoms with E-state index in [9.17, 15) is 24.4 Å². The van der Waals surface area contributed by atoms with Crippen molar-refractivity contribution in [2.24, 2.45) is 0 Å². The first-order valence-electron chi connectivity index (χ1n) is 8.94. The van der Waals surface area contributed by atoms with Gasteiger partial charge in [-0.25, -0.2) is 9.07 Å². The molecule has 3 aromatic rings. The first-order valence-corrected chi connectivity index (χ1v) is 8.94. The zero-order valence-corrected chi connectivity index (χ0v) is 15.6. The summed E-state index contributed by atoms with van der Waals surface area (Å²) in [5.74, 6) is -0.770. The Morgan fingerprint density at radius 2 is 1.90 bits per heavy atom. The summed E-state index contributed by atoms with van der Waals surface area (Å²) in [5, 5.41) is 27.8. The van der Waals surface area contributed by atoms with Gasteiger partial charge in [0, 0.05) is 18.7 Å². The molecule has 29 heavy (non-hydrogen) atoms. The van der Waals surface area contributed by atoms with E-state index in [2.05, 4.69) is 10.4 Å². The number of non-ortho nitro benzene ring substituents is 1. The second-order valence-corrected chi connectivity index (χ2v) is 6.32. The number of benzene rings is 2. The van der Waals surface area contributed by atoms with Crippen molar-refractivity contribution in [1.82, 2.24) is 15.1 Å². The molecule has 0 saturated heterocycles. The van der Waals surface area contributed by atoms with E-state index in [1.165, 1.54) is 42.6 Å². The Morgan fingerprint density at radius 1 is 1.24 bits per heavy atom. The van der Waals surface area contributed by atoms with Gasteiger partial charge >= 0.3 is 0 Å². The van der Waals surface area contributed by atoms with Gasteiger partial charge in [-0.1, -0.05) is 6.92 Å². The lowest BCUT2D eigenvalue weighted by Crippen LogP contribution is -2.29. The molecule has 0 radical (unpaired) electrons. The third kappa shape index (κ3) is 4.46. The molecular weight excluding hydrogens is 379 g/mol. The van der Waals surface area contributed by atoms with Crippen LogP contribution in [-0.2, 0) is 6.42 Å². The fourth-order valence-corrected chi connectivity index (χ4v) is 2.93. The number of aliphatic hydroxyl groups is 1. The first-order chi connectivity index (χ1) is 13.9. The van der Waals surface area contributed by atoms with Crippen molar-refractivity contribution in [3.8, 4) is 5.69 Å². The number of hydrogen-bond acceptors (Lipinski definition) is 5. The molecule has 0 aliphatic heterocycles. The number of nitro benzene ring substituents is 1. The predicted octanol–water partition coefficient (Wildman–Crippen LogP) is 2.95. The summed E-state index contributed by atoms with van der Waals surface area (Å²) in [7, 11) is 0. The summed E-state index contributed by atoms with van der Waals surface area (Å²) in [6.45, 7) is 1.81. The van der Waals surface area contributed by atoms with E-state index in [-0.39, 0.29) is 18.0 Å². The van der Waals surface area contributed by atoms with Gasteiger partial charge in [-0.2, -0.15) is 5.10 Å². The van der Waals surface area contributed by atoms with E-state index < -0.39 is 16.9 Å². The Labute approximate surface area is 165 Å². The Bertz CT molecular complexity index is 1020. The van der Waals surface area contributed by atoms with E-state index >= 15 is 0 Å². The molecule has 0 spiro atoms. The van der Waals surface area contributed by atoms with Crippen molar-refractivity contribution in [2.75, 3.05) is 6.54 Å². The lowest BCUT2D eigenvalue weighted by Gasteiger charge is -2.13. The topological polar surface area (TPSA) is 110 Å². The van der Waals surface area contributed by atoms with Crippen LogP contribution in [0.3, 0.4) is 0 Å². The molecule has 1 amide bonds. The van der Waals surface area contributed by atoms with Crippen LogP contribution in [0.5, 0.6) is 0 Å². The number of aromatic nitrogens is 2. The van der Waals surface area contributed by atoms with Crippen LogP contribution in [0.2, 0.25) is 0 Å². The number of halogens is 1. The van der Waals surface area contributed by atoms with Gasteiger partial charge in [-0.05, 0) is 48.4 Å². The average Bonchev–Trinajstić information content (AvgIpc) is 3.16. The zero-order valence-electron chi connectivity index (χ0n) is 15.6. The van der Waals surface area contributed by atoms with Gasteiger partial charge in [0.2, 0.25) is 0 Å². The largest absolute Gasteiger partial charge is 0.387 e. The molecule has 0 fully saturated rings. The van der Waals surface area contributed by atoms with Gasteiger partial charge in [0.1, 0.15) is 5.82 Å². The molecule has 0 aliphatic rings. The SMILES string of the molecule is CCc1c(C(=O)NC[C@H](O)c2ccc([N+](=O)[O-])cc2)cnn1-c1ccc(F)cc1. The minimum atomic E-state index is -1.02. The molecule has 0 unspecified atom stereocenters. The molecule has 150 valence electrons. The van der Waals surface area contributed by atoms with Crippen LogP contribution in [0.25, 0.3) is 5.69 Å². The third-order valence-electron chi connectivity index (χ3n) is 4.46. The molecule has 2 aromatic carbocycles. The molecule has 8 nitrogen and oxygen atoms in total. The summed E-state index contributed by atoms with van der Waals surface area (Å²) in [6.07, 6.45) is 0.929. The number of nitrogens with one attached hydrogen (secondary N) is 1. The summed E-state index contributed by atoms with van der Waals surface area (Å²) in [5.41, 5.74) is 2.01. The maximum Gasteiger partial charge on any atom is 0.269 e. The molecule has 2 N–H and O–H groups in total. The van der Waals surface area contributed by atoms with Crippen LogP contribution >= 0.6 is 0 Å². The maximum absolute atomic E-state index is 13.1. The van der Waals surface area contributed by atoms with E-state index in [0.717, 1.165) is 0 Å². The van der Waals surface area contributed by atoms with Crippen LogP contribution < -0.4 is 5.32 Å². The molecule has 9 heteroatoms. The van der Waals surface area contributed by atoms with E-state index in [4.69, 9.17) is 0 Å². The van der Waals surface area contributed by atoms with E-state index in [0.29, 0.717) is 28.9 Å². The molecule has 1 atom stereocenters. The molecular formula is C20H19FN4O4. The number of hydrogen-bond donors (Lipinski definition) is 2. The fourth-order valence-electron chi connectivity index (χ4n) is 2.93. The Kier molecular flexibility index (Phi) is 5.99. The van der Waals surface area contributed by atoms with Crippen molar-refractivity contribution >= 4 is 11.6 Å². The summed E-state index contributed by atoms with van der Waals surface area (Å²) in [4.78, 5) is 22.7. The number of amides is 1. The Hall–Kier alpha value is -3.59. The predicted molar refractivity (Wildman–Crippen MR) is 103 cm³/mol. The minimum absolute atomic E-state index is 0.0679. The number of aliphatic hydroxyl groups excluding tert-OH is 1. The molecule has 0 saturated carbocycles. The van der Waals surface area contributed by atoms with Crippen LogP contribution in [0.4, 0.5) is 10.1 Å². The highest BCUT2D eigenvalue weighted by Gasteiger charge is 2.19. The summed E-state index contributed by atoms with van der Waals surface area (Å²) in [6, 6.07) is 11.2. The molecule has 1 heterocycles. The van der Waals surface area contributed by atoms with Crippen LogP contribution in [0.1, 0.15) is 34.6 Å². The molecule has 0 bridgehead atoms. The van der Waals surface area contributed by atoms with Crippen molar-refractivity contribution in [1.29, 1.82) is 0 Å². The highest BCUT2D eigenvalue weighted by molar-refractivity contribution is 5.95. The highest BCUT2D eigenvalue weighted by Crippen LogP contribution is 2.19. The third-order valence-corrected chi connectivity index (χ3v) is 4.46. The average molecular weight is 398 g/mol. The maximum atomic E-state index is 13.1. The fraction of sp³-hybridized carbons (Fsp3) is 0.200. The smallest absolute Gasteiger partial charge is 0.269 e. The molecule has 0 aliphatic carbocycles. The van der Waals surface area contributed by atoms with Gasteiger partial charge in [0.25, 0.3) is 11.6 Å². The number of carbonyl (C=O) groups is 1. The zero-order chi connectivity index (χ0) is 21.0. The van der Waals surface area contributed by atoms with Crippen LogP contribution in [0, 0.1) is 15.9 Å². The monoisotopic (exact) mass is 398 g/mol. The number of rotatable bonds is 7. The first kappa shape index (κ1) is 20.2. The van der Waals surface area contributed by atoms with Gasteiger partial charge in [-0.3, -0.25) is 14.9 Å². The highest BCUT2D eigenvalue weighted by atomic mass is 19.1. The van der Waals surface area contributed by atoms with Crippen molar-refractivity contribution in [2.45, 2.75) is 19.4 Å². The lowest BCUT2D eigenvalue weighted by atomic mass is 10.1. The minimum Gasteiger partial charge on any atom is -0.387 e. The van der Waals surface area contributed by atoms with Gasteiger partial charge in [0.15, 0.2) is 0 Å². The van der Waals surface area contributed by atoms with Gasteiger partial charge < -0.3 is 10.4 Å². The summed E-state index contributed by atoms with van der Waals surface area (Å²) < 4.78 is 14.7. The van der Waals surface area contributed by atoms with Crippen molar-refractivity contribution in [3.63, 3.8) is 0 Å². The summed E-state index contributed by atoms with van der Waals surface area (Å²) >= 11 is 0. The van der Waals surface area contributed by atoms with E-state index in [1.807, 2.05) is 6.92 Å². The Morgan fingerprint density at radius 3 is 2.48 bits per heavy atom. The van der Waals surface area contributed by atoms with Gasteiger partial charge in [-0.15, -0.1) is 0 Å². The second-order valence-electron chi connectivity index (χ2n) is 6.32.